The van der Waals surface area contributed by atoms with Crippen molar-refractivity contribution in [3.63, 3.8) is 0 Å². The molecule has 1 unspecified atom stereocenters. The molecule has 1 saturated carbocycles. The van der Waals surface area contributed by atoms with Gasteiger partial charge in [-0.1, -0.05) is 12.8 Å². The molecule has 7 heteroatoms. The van der Waals surface area contributed by atoms with Crippen LogP contribution >= 0.6 is 0 Å². The van der Waals surface area contributed by atoms with Crippen LogP contribution in [0.1, 0.15) is 74.7 Å². The molecule has 4 rings (SSSR count). The van der Waals surface area contributed by atoms with Gasteiger partial charge in [0.15, 0.2) is 0 Å². The summed E-state index contributed by atoms with van der Waals surface area (Å²) in [6.45, 7) is 6.13. The van der Waals surface area contributed by atoms with Gasteiger partial charge in [-0.05, 0) is 39.2 Å². The molecule has 1 amide bonds. The maximum atomic E-state index is 12.4. The van der Waals surface area contributed by atoms with Crippen molar-refractivity contribution in [2.45, 2.75) is 70.9 Å². The molecule has 3 heterocycles. The number of aromatic nitrogens is 4. The molecule has 1 aliphatic carbocycles. The first-order valence-electron chi connectivity index (χ1n) is 9.50. The van der Waals surface area contributed by atoms with Gasteiger partial charge < -0.3 is 10.6 Å². The molecule has 26 heavy (non-hydrogen) atoms. The van der Waals surface area contributed by atoms with E-state index in [0.717, 1.165) is 35.5 Å². The Hall–Kier alpha value is -2.44. The Morgan fingerprint density at radius 3 is 2.58 bits per heavy atom. The molecule has 2 aromatic rings. The van der Waals surface area contributed by atoms with Crippen LogP contribution < -0.4 is 10.6 Å². The first-order chi connectivity index (χ1) is 12.5. The summed E-state index contributed by atoms with van der Waals surface area (Å²) in [4.78, 5) is 21.2. The van der Waals surface area contributed by atoms with E-state index in [1.807, 2.05) is 19.3 Å². The second-order valence-corrected chi connectivity index (χ2v) is 7.67. The number of carbonyl (C=O) groups excluding carboxylic acids is 1. The molecule has 0 bridgehead atoms. The van der Waals surface area contributed by atoms with Gasteiger partial charge in [-0.15, -0.1) is 0 Å². The Labute approximate surface area is 153 Å². The van der Waals surface area contributed by atoms with Crippen LogP contribution in [0.4, 0.5) is 11.8 Å². The van der Waals surface area contributed by atoms with Crippen molar-refractivity contribution >= 4 is 17.7 Å². The van der Waals surface area contributed by atoms with Gasteiger partial charge in [0.25, 0.3) is 0 Å². The summed E-state index contributed by atoms with van der Waals surface area (Å²) in [5, 5.41) is 11.1. The lowest BCUT2D eigenvalue weighted by Crippen LogP contribution is -2.26. The molecule has 1 aliphatic heterocycles. The zero-order valence-corrected chi connectivity index (χ0v) is 15.6. The Morgan fingerprint density at radius 1 is 1.23 bits per heavy atom. The second-order valence-electron chi connectivity index (χ2n) is 7.67. The summed E-state index contributed by atoms with van der Waals surface area (Å²) in [5.74, 6) is 1.48. The molecule has 0 saturated heterocycles. The number of hydrogen-bond acceptors (Lipinski definition) is 5. The number of amides is 1. The molecular weight excluding hydrogens is 328 g/mol. The molecule has 138 valence electrons. The van der Waals surface area contributed by atoms with Crippen LogP contribution in [-0.2, 0) is 4.79 Å². The topological polar surface area (TPSA) is 84.7 Å². The summed E-state index contributed by atoms with van der Waals surface area (Å²) in [5.41, 5.74) is 3.07. The van der Waals surface area contributed by atoms with Gasteiger partial charge in [-0.25, -0.2) is 14.6 Å². The molecule has 7 nitrogen and oxygen atoms in total. The largest absolute Gasteiger partial charge is 0.352 e. The minimum absolute atomic E-state index is 0.0334. The van der Waals surface area contributed by atoms with Crippen molar-refractivity contribution in [1.82, 2.24) is 19.7 Å². The third-order valence-corrected chi connectivity index (χ3v) is 5.29. The van der Waals surface area contributed by atoms with Crippen LogP contribution in [0.15, 0.2) is 12.4 Å². The van der Waals surface area contributed by atoms with E-state index in [4.69, 9.17) is 5.10 Å². The lowest BCUT2D eigenvalue weighted by Gasteiger charge is -2.25. The van der Waals surface area contributed by atoms with Gasteiger partial charge in [0, 0.05) is 36.3 Å². The summed E-state index contributed by atoms with van der Waals surface area (Å²) in [6.07, 6.45) is 8.79. The molecular formula is C19H26N6O. The highest BCUT2D eigenvalue weighted by atomic mass is 16.1. The van der Waals surface area contributed by atoms with Crippen molar-refractivity contribution in [2.75, 3.05) is 10.6 Å². The van der Waals surface area contributed by atoms with E-state index in [2.05, 4.69) is 39.1 Å². The van der Waals surface area contributed by atoms with E-state index in [0.29, 0.717) is 18.4 Å². The van der Waals surface area contributed by atoms with Crippen LogP contribution in [0.5, 0.6) is 0 Å². The van der Waals surface area contributed by atoms with Gasteiger partial charge in [-0.2, -0.15) is 5.10 Å². The monoisotopic (exact) mass is 354 g/mol. The number of aryl methyl sites for hydroxylation is 1. The zero-order valence-electron chi connectivity index (χ0n) is 15.6. The summed E-state index contributed by atoms with van der Waals surface area (Å²) in [6, 6.07) is 0.671. The number of nitrogens with zero attached hydrogens (tertiary/aromatic N) is 4. The predicted octanol–water partition coefficient (Wildman–Crippen LogP) is 3.39. The molecule has 2 N–H and O–H groups in total. The van der Waals surface area contributed by atoms with Crippen molar-refractivity contribution in [3.05, 3.63) is 29.2 Å². The van der Waals surface area contributed by atoms with E-state index in [9.17, 15) is 4.79 Å². The SMILES string of the molecule is Cc1nn(C2CCCC2)c2c1C(c1cnc(NC(C)C)nc1)CC(=O)N2. The van der Waals surface area contributed by atoms with Crippen LogP contribution in [0.2, 0.25) is 0 Å². The fraction of sp³-hybridized carbons (Fsp3) is 0.579. The first kappa shape index (κ1) is 17.0. The number of carbonyl (C=O) groups is 1. The third kappa shape index (κ3) is 3.06. The van der Waals surface area contributed by atoms with Crippen LogP contribution in [0, 0.1) is 6.92 Å². The zero-order chi connectivity index (χ0) is 18.3. The number of nitrogens with one attached hydrogen (secondary N) is 2. The van der Waals surface area contributed by atoms with E-state index < -0.39 is 0 Å². The van der Waals surface area contributed by atoms with Gasteiger partial charge in [-0.3, -0.25) is 4.79 Å². The molecule has 0 aromatic carbocycles. The highest BCUT2D eigenvalue weighted by Crippen LogP contribution is 2.42. The fourth-order valence-corrected chi connectivity index (χ4v) is 4.12. The Bertz CT molecular complexity index is 804. The quantitative estimate of drug-likeness (QED) is 0.879. The Kier molecular flexibility index (Phi) is 4.38. The lowest BCUT2D eigenvalue weighted by atomic mass is 9.87. The van der Waals surface area contributed by atoms with Crippen LogP contribution in [0.3, 0.4) is 0 Å². The Balaban J connectivity index is 1.70. The van der Waals surface area contributed by atoms with E-state index in [1.165, 1.54) is 12.8 Å². The van der Waals surface area contributed by atoms with Gasteiger partial charge in [0.1, 0.15) is 5.82 Å². The van der Waals surface area contributed by atoms with Crippen LogP contribution in [0.25, 0.3) is 0 Å². The molecule has 2 aliphatic rings. The standard InChI is InChI=1S/C19H26N6O/c1-11(2)22-19-20-9-13(10-21-19)15-8-16(26)23-18-17(15)12(3)24-25(18)14-6-4-5-7-14/h9-11,14-15H,4-8H2,1-3H3,(H,23,26)(H,20,21,22). The smallest absolute Gasteiger partial charge is 0.226 e. The van der Waals surface area contributed by atoms with Gasteiger partial charge in [0.05, 0.1) is 11.7 Å². The number of rotatable bonds is 4. The van der Waals surface area contributed by atoms with Crippen molar-refractivity contribution in [1.29, 1.82) is 0 Å². The molecule has 1 fully saturated rings. The number of fused-ring (bicyclic) bond motifs is 1. The molecule has 0 radical (unpaired) electrons. The number of hydrogen-bond donors (Lipinski definition) is 2. The van der Waals surface area contributed by atoms with Gasteiger partial charge in [0.2, 0.25) is 11.9 Å². The van der Waals surface area contributed by atoms with E-state index >= 15 is 0 Å². The Morgan fingerprint density at radius 2 is 1.92 bits per heavy atom. The average Bonchev–Trinajstić information content (AvgIpc) is 3.22. The molecule has 0 spiro atoms. The summed E-state index contributed by atoms with van der Waals surface area (Å²) >= 11 is 0. The first-order valence-corrected chi connectivity index (χ1v) is 9.50. The highest BCUT2D eigenvalue weighted by molar-refractivity contribution is 5.94. The normalized spacial score (nSPS) is 20.3. The average molecular weight is 354 g/mol. The molecule has 2 aromatic heterocycles. The van der Waals surface area contributed by atoms with E-state index in [-0.39, 0.29) is 17.9 Å². The van der Waals surface area contributed by atoms with Gasteiger partial charge >= 0.3 is 0 Å². The number of anilines is 2. The maximum Gasteiger partial charge on any atom is 0.226 e. The predicted molar refractivity (Wildman–Crippen MR) is 100 cm³/mol. The summed E-state index contributed by atoms with van der Waals surface area (Å²) in [7, 11) is 0. The third-order valence-electron chi connectivity index (χ3n) is 5.29. The van der Waals surface area contributed by atoms with Crippen molar-refractivity contribution in [3.8, 4) is 0 Å². The maximum absolute atomic E-state index is 12.4. The van der Waals surface area contributed by atoms with Crippen LogP contribution in [-0.4, -0.2) is 31.7 Å². The molecule has 1 atom stereocenters. The minimum Gasteiger partial charge on any atom is -0.352 e. The van der Waals surface area contributed by atoms with E-state index in [1.54, 1.807) is 0 Å². The van der Waals surface area contributed by atoms with Crippen molar-refractivity contribution < 1.29 is 4.79 Å². The summed E-state index contributed by atoms with van der Waals surface area (Å²) < 4.78 is 2.05. The lowest BCUT2D eigenvalue weighted by molar-refractivity contribution is -0.116. The fourth-order valence-electron chi connectivity index (χ4n) is 4.12. The van der Waals surface area contributed by atoms with Crippen molar-refractivity contribution in [2.24, 2.45) is 0 Å². The minimum atomic E-state index is -0.0398. The highest BCUT2D eigenvalue weighted by Gasteiger charge is 2.34. The second kappa shape index (κ2) is 6.70.